The van der Waals surface area contributed by atoms with Gasteiger partial charge in [-0.05, 0) is 18.9 Å². The third-order valence-corrected chi connectivity index (χ3v) is 2.67. The van der Waals surface area contributed by atoms with Crippen molar-refractivity contribution in [2.24, 2.45) is 0 Å². The predicted molar refractivity (Wildman–Crippen MR) is 67.4 cm³/mol. The molecule has 0 heterocycles. The summed E-state index contributed by atoms with van der Waals surface area (Å²) in [6.45, 7) is 2.27. The van der Waals surface area contributed by atoms with Gasteiger partial charge in [0, 0.05) is 0 Å². The first-order chi connectivity index (χ1) is 7.41. The SMILES string of the molecule is [CH2]O/C=C/CCCCCCCCCCC. The van der Waals surface area contributed by atoms with Crippen molar-refractivity contribution in [2.45, 2.75) is 71.1 Å². The zero-order valence-electron chi connectivity index (χ0n) is 10.3. The van der Waals surface area contributed by atoms with Gasteiger partial charge in [-0.2, -0.15) is 0 Å². The molecule has 0 unspecified atom stereocenters. The van der Waals surface area contributed by atoms with E-state index in [9.17, 15) is 0 Å². The van der Waals surface area contributed by atoms with E-state index in [1.54, 1.807) is 6.26 Å². The Morgan fingerprint density at radius 3 is 1.93 bits per heavy atom. The first-order valence-electron chi connectivity index (χ1n) is 6.47. The molecule has 0 atom stereocenters. The molecule has 0 aromatic carbocycles. The molecule has 0 aromatic rings. The maximum absolute atomic E-state index is 4.59. The van der Waals surface area contributed by atoms with Crippen LogP contribution in [0, 0.1) is 7.11 Å². The number of unbranched alkanes of at least 4 members (excludes halogenated alkanes) is 9. The topological polar surface area (TPSA) is 9.23 Å². The molecular weight excluding hydrogens is 184 g/mol. The summed E-state index contributed by atoms with van der Waals surface area (Å²) in [7, 11) is 3.28. The average Bonchev–Trinajstić information content (AvgIpc) is 2.26. The number of allylic oxidation sites excluding steroid dienone is 1. The van der Waals surface area contributed by atoms with Crippen LogP contribution in [0.2, 0.25) is 0 Å². The summed E-state index contributed by atoms with van der Waals surface area (Å²) >= 11 is 0. The largest absolute Gasteiger partial charge is 0.498 e. The van der Waals surface area contributed by atoms with E-state index in [2.05, 4.69) is 18.8 Å². The van der Waals surface area contributed by atoms with E-state index in [0.717, 1.165) is 6.42 Å². The highest BCUT2D eigenvalue weighted by Crippen LogP contribution is 2.10. The van der Waals surface area contributed by atoms with Gasteiger partial charge in [0.1, 0.15) is 7.11 Å². The maximum atomic E-state index is 4.59. The summed E-state index contributed by atoms with van der Waals surface area (Å²) in [5.74, 6) is 0. The van der Waals surface area contributed by atoms with Crippen LogP contribution in [-0.2, 0) is 4.74 Å². The lowest BCUT2D eigenvalue weighted by Gasteiger charge is -2.00. The highest BCUT2D eigenvalue weighted by atomic mass is 16.5. The fourth-order valence-corrected chi connectivity index (χ4v) is 1.71. The Morgan fingerprint density at radius 2 is 1.40 bits per heavy atom. The van der Waals surface area contributed by atoms with Crippen molar-refractivity contribution in [3.05, 3.63) is 19.4 Å². The number of ether oxygens (including phenoxy) is 1. The Hall–Kier alpha value is -0.460. The zero-order chi connectivity index (χ0) is 11.2. The van der Waals surface area contributed by atoms with Gasteiger partial charge in [0.2, 0.25) is 0 Å². The molecule has 0 fully saturated rings. The molecule has 0 aliphatic carbocycles. The molecule has 0 amide bonds. The smallest absolute Gasteiger partial charge is 0.121 e. The first-order valence-corrected chi connectivity index (χ1v) is 6.47. The zero-order valence-corrected chi connectivity index (χ0v) is 10.3. The van der Waals surface area contributed by atoms with Crippen LogP contribution >= 0.6 is 0 Å². The molecule has 1 nitrogen and oxygen atoms in total. The van der Waals surface area contributed by atoms with Crippen LogP contribution in [0.5, 0.6) is 0 Å². The predicted octanol–water partition coefficient (Wildman–Crippen LogP) is 5.23. The van der Waals surface area contributed by atoms with E-state index < -0.39 is 0 Å². The van der Waals surface area contributed by atoms with Crippen molar-refractivity contribution >= 4 is 0 Å². The van der Waals surface area contributed by atoms with E-state index in [-0.39, 0.29) is 0 Å². The van der Waals surface area contributed by atoms with Gasteiger partial charge in [-0.1, -0.05) is 58.3 Å². The van der Waals surface area contributed by atoms with E-state index in [0.29, 0.717) is 0 Å². The Balaban J connectivity index is 2.89. The van der Waals surface area contributed by atoms with Gasteiger partial charge >= 0.3 is 0 Å². The highest BCUT2D eigenvalue weighted by Gasteiger charge is 1.90. The molecule has 1 heteroatoms. The molecule has 89 valence electrons. The third-order valence-electron chi connectivity index (χ3n) is 2.67. The second kappa shape index (κ2) is 13.5. The minimum absolute atomic E-state index is 1.13. The second-order valence-corrected chi connectivity index (χ2v) is 4.16. The Labute approximate surface area is 95.9 Å². The fourth-order valence-electron chi connectivity index (χ4n) is 1.71. The molecule has 0 spiro atoms. The third kappa shape index (κ3) is 13.5. The average molecular weight is 211 g/mol. The lowest BCUT2D eigenvalue weighted by Crippen LogP contribution is -1.80. The Morgan fingerprint density at radius 1 is 0.867 bits per heavy atom. The van der Waals surface area contributed by atoms with Crippen LogP contribution in [0.15, 0.2) is 12.3 Å². The summed E-state index contributed by atoms with van der Waals surface area (Å²) < 4.78 is 4.59. The Kier molecular flexibility index (Phi) is 13.1. The van der Waals surface area contributed by atoms with Crippen molar-refractivity contribution in [1.29, 1.82) is 0 Å². The van der Waals surface area contributed by atoms with Crippen molar-refractivity contribution in [3.63, 3.8) is 0 Å². The molecule has 0 saturated carbocycles. The van der Waals surface area contributed by atoms with Gasteiger partial charge in [-0.25, -0.2) is 0 Å². The van der Waals surface area contributed by atoms with E-state index in [1.807, 2.05) is 6.08 Å². The van der Waals surface area contributed by atoms with Gasteiger partial charge in [-0.15, -0.1) is 0 Å². The molecule has 0 rings (SSSR count). The van der Waals surface area contributed by atoms with Crippen LogP contribution in [0.25, 0.3) is 0 Å². The van der Waals surface area contributed by atoms with Crippen molar-refractivity contribution < 1.29 is 4.74 Å². The monoisotopic (exact) mass is 211 g/mol. The lowest BCUT2D eigenvalue weighted by molar-refractivity contribution is 0.391. The van der Waals surface area contributed by atoms with E-state index in [1.165, 1.54) is 57.8 Å². The minimum atomic E-state index is 1.13. The number of hydrogen-bond donors (Lipinski definition) is 0. The molecule has 0 saturated heterocycles. The van der Waals surface area contributed by atoms with Gasteiger partial charge in [0.25, 0.3) is 0 Å². The van der Waals surface area contributed by atoms with Gasteiger partial charge < -0.3 is 4.74 Å². The van der Waals surface area contributed by atoms with Crippen molar-refractivity contribution in [3.8, 4) is 0 Å². The van der Waals surface area contributed by atoms with E-state index in [4.69, 9.17) is 0 Å². The Bertz CT molecular complexity index is 129. The summed E-state index contributed by atoms with van der Waals surface area (Å²) in [5, 5.41) is 0. The van der Waals surface area contributed by atoms with Crippen molar-refractivity contribution in [1.82, 2.24) is 0 Å². The normalized spacial score (nSPS) is 11.1. The van der Waals surface area contributed by atoms with Crippen LogP contribution in [0.1, 0.15) is 71.1 Å². The highest BCUT2D eigenvalue weighted by molar-refractivity contribution is 4.72. The first kappa shape index (κ1) is 14.5. The summed E-state index contributed by atoms with van der Waals surface area (Å²) in [6.07, 6.45) is 17.4. The molecule has 1 radical (unpaired) electrons. The summed E-state index contributed by atoms with van der Waals surface area (Å²) in [6, 6.07) is 0. The molecule has 0 bridgehead atoms. The van der Waals surface area contributed by atoms with Gasteiger partial charge in [0.05, 0.1) is 6.26 Å². The van der Waals surface area contributed by atoms with Gasteiger partial charge in [-0.3, -0.25) is 0 Å². The van der Waals surface area contributed by atoms with Crippen LogP contribution in [0.4, 0.5) is 0 Å². The molecule has 0 aromatic heterocycles. The molecule has 0 aliphatic rings. The van der Waals surface area contributed by atoms with Crippen LogP contribution < -0.4 is 0 Å². The van der Waals surface area contributed by atoms with Crippen LogP contribution in [-0.4, -0.2) is 0 Å². The molecular formula is C14H27O. The maximum Gasteiger partial charge on any atom is 0.121 e. The summed E-state index contributed by atoms with van der Waals surface area (Å²) in [4.78, 5) is 0. The standard InChI is InChI=1S/C14H27O/c1-3-4-5-6-7-8-9-10-11-12-13-14-15-2/h13-14H,2-12H2,1H3/b14-13+. The van der Waals surface area contributed by atoms with Gasteiger partial charge in [0.15, 0.2) is 0 Å². The molecule has 15 heavy (non-hydrogen) atoms. The number of hydrogen-bond acceptors (Lipinski definition) is 1. The lowest BCUT2D eigenvalue weighted by atomic mass is 10.1. The number of rotatable bonds is 11. The quantitative estimate of drug-likeness (QED) is 0.336. The fraction of sp³-hybridized carbons (Fsp3) is 0.786. The second-order valence-electron chi connectivity index (χ2n) is 4.16. The van der Waals surface area contributed by atoms with Crippen LogP contribution in [0.3, 0.4) is 0 Å². The minimum Gasteiger partial charge on any atom is -0.498 e. The molecule has 0 N–H and O–H groups in total. The van der Waals surface area contributed by atoms with E-state index >= 15 is 0 Å². The molecule has 0 aliphatic heterocycles. The van der Waals surface area contributed by atoms with Crippen molar-refractivity contribution in [2.75, 3.05) is 0 Å². The summed E-state index contributed by atoms with van der Waals surface area (Å²) in [5.41, 5.74) is 0.